The SMILES string of the molecule is CC1CCC(C(=O)N(c2cc(-c3ccccc3)sc2C(=O)OC(C)OC(=O)C2CCCCC2)C2CCN(C)CC2)CC1. The summed E-state index contributed by atoms with van der Waals surface area (Å²) in [6.07, 6.45) is 9.40. The molecule has 1 unspecified atom stereocenters. The van der Waals surface area contributed by atoms with Crippen molar-refractivity contribution in [2.24, 2.45) is 17.8 Å². The normalized spacial score (nSPS) is 23.2. The van der Waals surface area contributed by atoms with Crippen molar-refractivity contribution >= 4 is 34.9 Å². The number of hydrogen-bond acceptors (Lipinski definition) is 7. The van der Waals surface area contributed by atoms with Crippen molar-refractivity contribution < 1.29 is 23.9 Å². The minimum Gasteiger partial charge on any atom is -0.425 e. The van der Waals surface area contributed by atoms with Gasteiger partial charge in [0, 0.05) is 23.8 Å². The van der Waals surface area contributed by atoms with Gasteiger partial charge in [0.25, 0.3) is 0 Å². The van der Waals surface area contributed by atoms with Crippen molar-refractivity contribution in [3.8, 4) is 10.4 Å². The lowest BCUT2D eigenvalue weighted by molar-refractivity contribution is -0.171. The van der Waals surface area contributed by atoms with Crippen LogP contribution in [-0.2, 0) is 19.1 Å². The Labute approximate surface area is 254 Å². The summed E-state index contributed by atoms with van der Waals surface area (Å²) in [5, 5.41) is 0. The van der Waals surface area contributed by atoms with Crippen LogP contribution in [0.2, 0.25) is 0 Å². The van der Waals surface area contributed by atoms with Gasteiger partial charge in [-0.15, -0.1) is 11.3 Å². The quantitative estimate of drug-likeness (QED) is 0.236. The van der Waals surface area contributed by atoms with Gasteiger partial charge in [-0.05, 0) is 89.1 Å². The predicted molar refractivity (Wildman–Crippen MR) is 166 cm³/mol. The lowest BCUT2D eigenvalue weighted by Crippen LogP contribution is -2.49. The Morgan fingerprint density at radius 1 is 0.881 bits per heavy atom. The first kappa shape index (κ1) is 30.7. The molecule has 1 aromatic heterocycles. The summed E-state index contributed by atoms with van der Waals surface area (Å²) in [4.78, 5) is 46.4. The third-order valence-corrected chi connectivity index (χ3v) is 10.5. The van der Waals surface area contributed by atoms with E-state index in [1.165, 1.54) is 11.3 Å². The van der Waals surface area contributed by atoms with Gasteiger partial charge in [0.05, 0.1) is 11.6 Å². The van der Waals surface area contributed by atoms with Crippen LogP contribution < -0.4 is 4.90 Å². The third-order valence-electron chi connectivity index (χ3n) is 9.37. The Morgan fingerprint density at radius 2 is 1.55 bits per heavy atom. The third kappa shape index (κ3) is 7.43. The fourth-order valence-electron chi connectivity index (χ4n) is 6.73. The Kier molecular flexibility index (Phi) is 10.4. The van der Waals surface area contributed by atoms with Crippen molar-refractivity contribution in [1.29, 1.82) is 0 Å². The molecule has 0 spiro atoms. The molecular weight excluding hydrogens is 548 g/mol. The minimum absolute atomic E-state index is 0.0133. The predicted octanol–water partition coefficient (Wildman–Crippen LogP) is 7.29. The van der Waals surface area contributed by atoms with Crippen LogP contribution in [0.3, 0.4) is 0 Å². The average molecular weight is 595 g/mol. The van der Waals surface area contributed by atoms with E-state index >= 15 is 0 Å². The summed E-state index contributed by atoms with van der Waals surface area (Å²) in [6.45, 7) is 5.67. The maximum atomic E-state index is 14.3. The van der Waals surface area contributed by atoms with Crippen LogP contribution >= 0.6 is 11.3 Å². The maximum Gasteiger partial charge on any atom is 0.353 e. The molecule has 7 nitrogen and oxygen atoms in total. The number of ether oxygens (including phenoxy) is 2. The molecule has 2 saturated carbocycles. The van der Waals surface area contributed by atoms with E-state index in [-0.39, 0.29) is 29.8 Å². The molecule has 2 aromatic rings. The molecule has 5 rings (SSSR count). The van der Waals surface area contributed by atoms with E-state index in [4.69, 9.17) is 9.47 Å². The van der Waals surface area contributed by atoms with Crippen LogP contribution in [0.1, 0.15) is 94.1 Å². The van der Waals surface area contributed by atoms with Gasteiger partial charge in [-0.25, -0.2) is 4.79 Å². The van der Waals surface area contributed by atoms with Crippen LogP contribution in [0.5, 0.6) is 0 Å². The van der Waals surface area contributed by atoms with Crippen molar-refractivity contribution in [1.82, 2.24) is 4.90 Å². The molecule has 1 atom stereocenters. The summed E-state index contributed by atoms with van der Waals surface area (Å²) < 4.78 is 11.4. The van der Waals surface area contributed by atoms with E-state index in [1.54, 1.807) is 6.92 Å². The van der Waals surface area contributed by atoms with E-state index in [0.29, 0.717) is 16.5 Å². The van der Waals surface area contributed by atoms with Crippen molar-refractivity contribution in [3.63, 3.8) is 0 Å². The Balaban J connectivity index is 1.44. The molecule has 228 valence electrons. The lowest BCUT2D eigenvalue weighted by Gasteiger charge is -2.40. The number of piperidine rings is 1. The Morgan fingerprint density at radius 3 is 2.21 bits per heavy atom. The highest BCUT2D eigenvalue weighted by molar-refractivity contribution is 7.18. The highest BCUT2D eigenvalue weighted by Gasteiger charge is 2.38. The molecule has 0 radical (unpaired) electrons. The van der Waals surface area contributed by atoms with E-state index < -0.39 is 12.3 Å². The number of anilines is 1. The Hall–Kier alpha value is -2.71. The summed E-state index contributed by atoms with van der Waals surface area (Å²) >= 11 is 1.35. The molecule has 1 aliphatic heterocycles. The number of hydrogen-bond donors (Lipinski definition) is 0. The molecular formula is C34H46N2O5S. The molecule has 0 N–H and O–H groups in total. The number of rotatable bonds is 8. The second-order valence-corrected chi connectivity index (χ2v) is 13.7. The number of thiophene rings is 1. The first-order chi connectivity index (χ1) is 20.3. The van der Waals surface area contributed by atoms with Gasteiger partial charge in [-0.2, -0.15) is 0 Å². The van der Waals surface area contributed by atoms with Gasteiger partial charge in [-0.3, -0.25) is 9.59 Å². The zero-order valence-electron chi connectivity index (χ0n) is 25.4. The van der Waals surface area contributed by atoms with Crippen LogP contribution in [0.15, 0.2) is 36.4 Å². The molecule has 1 saturated heterocycles. The summed E-state index contributed by atoms with van der Waals surface area (Å²) in [5.41, 5.74) is 1.62. The zero-order valence-corrected chi connectivity index (χ0v) is 26.2. The minimum atomic E-state index is -1.01. The molecule has 0 bridgehead atoms. The van der Waals surface area contributed by atoms with Gasteiger partial charge < -0.3 is 19.3 Å². The van der Waals surface area contributed by atoms with E-state index in [2.05, 4.69) is 18.9 Å². The largest absolute Gasteiger partial charge is 0.425 e. The molecule has 1 aromatic carbocycles. The van der Waals surface area contributed by atoms with Crippen molar-refractivity contribution in [2.45, 2.75) is 96.8 Å². The van der Waals surface area contributed by atoms with E-state index in [0.717, 1.165) is 94.2 Å². The summed E-state index contributed by atoms with van der Waals surface area (Å²) in [5.74, 6) is -0.248. The van der Waals surface area contributed by atoms with Crippen molar-refractivity contribution in [2.75, 3.05) is 25.0 Å². The van der Waals surface area contributed by atoms with Crippen LogP contribution in [0.25, 0.3) is 10.4 Å². The number of likely N-dealkylation sites (tertiary alicyclic amines) is 1. The number of nitrogens with zero attached hydrogens (tertiary/aromatic N) is 2. The number of benzene rings is 1. The molecule has 42 heavy (non-hydrogen) atoms. The number of amides is 1. The second kappa shape index (κ2) is 14.2. The lowest BCUT2D eigenvalue weighted by atomic mass is 9.82. The smallest absolute Gasteiger partial charge is 0.353 e. The van der Waals surface area contributed by atoms with Gasteiger partial charge in [0.15, 0.2) is 0 Å². The molecule has 3 fully saturated rings. The second-order valence-electron chi connectivity index (χ2n) is 12.6. The molecule has 1 amide bonds. The average Bonchev–Trinajstić information content (AvgIpc) is 3.44. The van der Waals surface area contributed by atoms with Crippen LogP contribution in [0, 0.1) is 17.8 Å². The number of carbonyl (C=O) groups is 3. The number of carbonyl (C=O) groups excluding carboxylic acids is 3. The highest BCUT2D eigenvalue weighted by atomic mass is 32.1. The summed E-state index contributed by atoms with van der Waals surface area (Å²) in [6, 6.07) is 12.0. The first-order valence-corrected chi connectivity index (χ1v) is 16.7. The summed E-state index contributed by atoms with van der Waals surface area (Å²) in [7, 11) is 2.11. The van der Waals surface area contributed by atoms with Gasteiger partial charge in [0.1, 0.15) is 4.88 Å². The Bertz CT molecular complexity index is 1210. The maximum absolute atomic E-state index is 14.3. The first-order valence-electron chi connectivity index (χ1n) is 15.9. The molecule has 8 heteroatoms. The highest BCUT2D eigenvalue weighted by Crippen LogP contribution is 2.41. The van der Waals surface area contributed by atoms with Gasteiger partial charge in [-0.1, -0.05) is 56.5 Å². The van der Waals surface area contributed by atoms with Gasteiger partial charge >= 0.3 is 11.9 Å². The fourth-order valence-corrected chi connectivity index (χ4v) is 7.77. The fraction of sp³-hybridized carbons (Fsp3) is 0.618. The molecule has 2 aliphatic carbocycles. The standard InChI is InChI=1S/C34H46N2O5S/c1-23-14-16-26(17-15-23)32(37)36(28-18-20-35(3)21-19-28)29-22-30(25-10-6-4-7-11-25)42-31(29)34(39)41-24(2)40-33(38)27-12-8-5-9-13-27/h4,6-7,10-11,22-24,26-28H,5,8-9,12-21H2,1-3H3. The van der Waals surface area contributed by atoms with E-state index in [9.17, 15) is 14.4 Å². The monoisotopic (exact) mass is 594 g/mol. The van der Waals surface area contributed by atoms with Gasteiger partial charge in [0.2, 0.25) is 12.2 Å². The topological polar surface area (TPSA) is 76.1 Å². The van der Waals surface area contributed by atoms with Crippen LogP contribution in [-0.4, -0.2) is 55.2 Å². The molecule has 2 heterocycles. The number of esters is 2. The zero-order chi connectivity index (χ0) is 29.6. The van der Waals surface area contributed by atoms with Crippen molar-refractivity contribution in [3.05, 3.63) is 41.3 Å². The van der Waals surface area contributed by atoms with Crippen LogP contribution in [0.4, 0.5) is 5.69 Å². The molecule has 3 aliphatic rings. The van der Waals surface area contributed by atoms with E-state index in [1.807, 2.05) is 41.3 Å².